The van der Waals surface area contributed by atoms with Crippen molar-refractivity contribution < 1.29 is 4.39 Å². The van der Waals surface area contributed by atoms with Crippen molar-refractivity contribution in [2.24, 2.45) is 0 Å². The van der Waals surface area contributed by atoms with E-state index in [0.717, 1.165) is 16.8 Å². The Morgan fingerprint density at radius 3 is 2.76 bits per heavy atom. The van der Waals surface area contributed by atoms with Crippen molar-refractivity contribution in [2.45, 2.75) is 6.92 Å². The molecule has 84 valence electrons. The van der Waals surface area contributed by atoms with E-state index < -0.39 is 0 Å². The van der Waals surface area contributed by atoms with E-state index in [1.54, 1.807) is 25.4 Å². The molecule has 0 saturated heterocycles. The molecule has 0 amide bonds. The van der Waals surface area contributed by atoms with Crippen LogP contribution in [0.2, 0.25) is 0 Å². The molecule has 0 fully saturated rings. The third kappa shape index (κ3) is 1.67. The largest absolute Gasteiger partial charge is 0.288 e. The highest BCUT2D eigenvalue weighted by Gasteiger charge is 2.03. The van der Waals surface area contributed by atoms with Crippen molar-refractivity contribution in [2.75, 3.05) is 0 Å². The summed E-state index contributed by atoms with van der Waals surface area (Å²) in [6.45, 7) is 1.75. The second kappa shape index (κ2) is 3.66. The molecule has 2 heterocycles. The molecule has 0 N–H and O–H groups in total. The van der Waals surface area contributed by atoms with Gasteiger partial charge in [-0.1, -0.05) is 12.1 Å². The third-order valence-corrected chi connectivity index (χ3v) is 2.80. The normalized spacial score (nSPS) is 10.9. The maximum atomic E-state index is 13.5. The van der Waals surface area contributed by atoms with Crippen LogP contribution in [0.3, 0.4) is 0 Å². The van der Waals surface area contributed by atoms with Crippen LogP contribution in [0.4, 0.5) is 4.39 Å². The molecule has 0 radical (unpaired) electrons. The van der Waals surface area contributed by atoms with Crippen LogP contribution >= 0.6 is 0 Å². The first-order valence-corrected chi connectivity index (χ1v) is 5.30. The van der Waals surface area contributed by atoms with E-state index in [1.807, 2.05) is 28.8 Å². The molecule has 3 aromatic rings. The fourth-order valence-electron chi connectivity index (χ4n) is 1.77. The summed E-state index contributed by atoms with van der Waals surface area (Å²) in [5.74, 6) is -0.189. The number of pyridine rings is 1. The fourth-order valence-corrected chi connectivity index (χ4v) is 1.77. The second-order valence-electron chi connectivity index (χ2n) is 3.98. The molecule has 3 rings (SSSR count). The average molecular weight is 227 g/mol. The van der Waals surface area contributed by atoms with Crippen molar-refractivity contribution in [1.82, 2.24) is 14.6 Å². The number of rotatable bonds is 1. The van der Waals surface area contributed by atoms with E-state index in [0.29, 0.717) is 5.56 Å². The van der Waals surface area contributed by atoms with Gasteiger partial charge < -0.3 is 0 Å². The molecular formula is C13H10FN3. The highest BCUT2D eigenvalue weighted by Crippen LogP contribution is 2.21. The Kier molecular flexibility index (Phi) is 2.14. The second-order valence-corrected chi connectivity index (χ2v) is 3.98. The zero-order chi connectivity index (χ0) is 11.8. The van der Waals surface area contributed by atoms with Gasteiger partial charge in [-0.2, -0.15) is 0 Å². The Labute approximate surface area is 97.5 Å². The van der Waals surface area contributed by atoms with Gasteiger partial charge in [-0.3, -0.25) is 4.40 Å². The van der Waals surface area contributed by atoms with Crippen LogP contribution in [0, 0.1) is 12.7 Å². The highest BCUT2D eigenvalue weighted by atomic mass is 19.1. The van der Waals surface area contributed by atoms with Crippen molar-refractivity contribution in [3.8, 4) is 11.1 Å². The monoisotopic (exact) mass is 227 g/mol. The molecule has 0 aliphatic carbocycles. The van der Waals surface area contributed by atoms with E-state index >= 15 is 0 Å². The molecule has 0 bridgehead atoms. The highest BCUT2D eigenvalue weighted by molar-refractivity contribution is 5.64. The number of aromatic nitrogens is 3. The number of aryl methyl sites for hydroxylation is 1. The van der Waals surface area contributed by atoms with Crippen LogP contribution in [0.15, 0.2) is 42.9 Å². The van der Waals surface area contributed by atoms with Gasteiger partial charge in [0.1, 0.15) is 12.1 Å². The van der Waals surface area contributed by atoms with Crippen molar-refractivity contribution in [3.63, 3.8) is 0 Å². The summed E-state index contributed by atoms with van der Waals surface area (Å²) in [4.78, 5) is 0. The van der Waals surface area contributed by atoms with Crippen LogP contribution < -0.4 is 0 Å². The van der Waals surface area contributed by atoms with E-state index in [9.17, 15) is 4.39 Å². The SMILES string of the molecule is Cc1ccc(-c2ccc3nncn3c2)cc1F. The maximum absolute atomic E-state index is 13.5. The van der Waals surface area contributed by atoms with Gasteiger partial charge in [0.15, 0.2) is 5.65 Å². The first-order chi connectivity index (χ1) is 8.24. The molecule has 0 saturated carbocycles. The Bertz CT molecular complexity index is 688. The van der Waals surface area contributed by atoms with Crippen LogP contribution in [0.1, 0.15) is 5.56 Å². The minimum Gasteiger partial charge on any atom is -0.288 e. The topological polar surface area (TPSA) is 30.2 Å². The molecule has 2 aromatic heterocycles. The minimum atomic E-state index is -0.189. The molecule has 3 nitrogen and oxygen atoms in total. The molecule has 0 aliphatic rings. The van der Waals surface area contributed by atoms with Gasteiger partial charge in [0.25, 0.3) is 0 Å². The van der Waals surface area contributed by atoms with Crippen molar-refractivity contribution >= 4 is 5.65 Å². The van der Waals surface area contributed by atoms with Crippen LogP contribution in [-0.4, -0.2) is 14.6 Å². The number of hydrogen-bond acceptors (Lipinski definition) is 2. The lowest BCUT2D eigenvalue weighted by Gasteiger charge is -2.04. The van der Waals surface area contributed by atoms with Crippen molar-refractivity contribution in [3.05, 3.63) is 54.2 Å². The number of hydrogen-bond donors (Lipinski definition) is 0. The molecular weight excluding hydrogens is 217 g/mol. The number of halogens is 1. The summed E-state index contributed by atoms with van der Waals surface area (Å²) in [5, 5.41) is 7.73. The summed E-state index contributed by atoms with van der Waals surface area (Å²) >= 11 is 0. The average Bonchev–Trinajstić information content (AvgIpc) is 2.79. The summed E-state index contributed by atoms with van der Waals surface area (Å²) in [6, 6.07) is 9.00. The Morgan fingerprint density at radius 1 is 1.12 bits per heavy atom. The number of nitrogens with zero attached hydrogens (tertiary/aromatic N) is 3. The summed E-state index contributed by atoms with van der Waals surface area (Å²) in [6.07, 6.45) is 3.52. The molecule has 17 heavy (non-hydrogen) atoms. The minimum absolute atomic E-state index is 0.189. The predicted molar refractivity (Wildman–Crippen MR) is 63.1 cm³/mol. The summed E-state index contributed by atoms with van der Waals surface area (Å²) in [5.41, 5.74) is 3.22. The first kappa shape index (κ1) is 9.96. The molecule has 0 unspecified atom stereocenters. The van der Waals surface area contributed by atoms with Crippen LogP contribution in [-0.2, 0) is 0 Å². The van der Waals surface area contributed by atoms with Gasteiger partial charge >= 0.3 is 0 Å². The van der Waals surface area contributed by atoms with E-state index in [1.165, 1.54) is 0 Å². The molecule has 0 spiro atoms. The lowest BCUT2D eigenvalue weighted by Crippen LogP contribution is -1.88. The third-order valence-electron chi connectivity index (χ3n) is 2.80. The Morgan fingerprint density at radius 2 is 1.94 bits per heavy atom. The van der Waals surface area contributed by atoms with Gasteiger partial charge in [0.2, 0.25) is 0 Å². The summed E-state index contributed by atoms with van der Waals surface area (Å²) < 4.78 is 15.3. The van der Waals surface area contributed by atoms with E-state index in [4.69, 9.17) is 0 Å². The maximum Gasteiger partial charge on any atom is 0.160 e. The zero-order valence-corrected chi connectivity index (χ0v) is 9.26. The molecule has 1 aromatic carbocycles. The number of benzene rings is 1. The fraction of sp³-hybridized carbons (Fsp3) is 0.0769. The molecule has 4 heteroatoms. The van der Waals surface area contributed by atoms with Crippen molar-refractivity contribution in [1.29, 1.82) is 0 Å². The van der Waals surface area contributed by atoms with Crippen LogP contribution in [0.25, 0.3) is 16.8 Å². The standard InChI is InChI=1S/C13H10FN3/c1-9-2-3-10(6-12(9)14)11-4-5-13-16-15-8-17(13)7-11/h2-8H,1H3. The van der Waals surface area contributed by atoms with E-state index in [-0.39, 0.29) is 5.82 Å². The Balaban J connectivity index is 2.16. The van der Waals surface area contributed by atoms with Gasteiger partial charge in [0, 0.05) is 6.20 Å². The molecule has 0 aliphatic heterocycles. The lowest BCUT2D eigenvalue weighted by molar-refractivity contribution is 0.619. The number of fused-ring (bicyclic) bond motifs is 1. The van der Waals surface area contributed by atoms with Gasteiger partial charge in [-0.05, 0) is 41.8 Å². The molecule has 0 atom stereocenters. The zero-order valence-electron chi connectivity index (χ0n) is 9.26. The van der Waals surface area contributed by atoms with E-state index in [2.05, 4.69) is 10.2 Å². The van der Waals surface area contributed by atoms with Gasteiger partial charge in [-0.15, -0.1) is 10.2 Å². The lowest BCUT2D eigenvalue weighted by atomic mass is 10.1. The predicted octanol–water partition coefficient (Wildman–Crippen LogP) is 2.84. The van der Waals surface area contributed by atoms with Crippen LogP contribution in [0.5, 0.6) is 0 Å². The van der Waals surface area contributed by atoms with Gasteiger partial charge in [0.05, 0.1) is 0 Å². The first-order valence-electron chi connectivity index (χ1n) is 5.30. The smallest absolute Gasteiger partial charge is 0.160 e. The Hall–Kier alpha value is -2.23. The quantitative estimate of drug-likeness (QED) is 0.640. The van der Waals surface area contributed by atoms with Gasteiger partial charge in [-0.25, -0.2) is 4.39 Å². The summed E-state index contributed by atoms with van der Waals surface area (Å²) in [7, 11) is 0.